The minimum atomic E-state index is -4.96. The second-order valence-corrected chi connectivity index (χ2v) is 7.68. The molecule has 0 spiro atoms. The molecular formula is C11H12AsN3O3S. The molecule has 0 saturated heterocycles. The molecule has 8 heteroatoms. The first kappa shape index (κ1) is 14.1. The van der Waals surface area contributed by atoms with Crippen molar-refractivity contribution >= 4 is 41.8 Å². The van der Waals surface area contributed by atoms with E-state index in [1.54, 1.807) is 30.5 Å². The van der Waals surface area contributed by atoms with E-state index in [1.165, 1.54) is 17.8 Å². The van der Waals surface area contributed by atoms with Gasteiger partial charge in [0.05, 0.1) is 0 Å². The Morgan fingerprint density at radius 1 is 1.26 bits per heavy atom. The number of hydrogen-bond acceptors (Lipinski definition) is 5. The number of anilines is 2. The van der Waals surface area contributed by atoms with Gasteiger partial charge in [0.1, 0.15) is 0 Å². The van der Waals surface area contributed by atoms with Crippen molar-refractivity contribution in [2.75, 3.05) is 11.6 Å². The normalized spacial score (nSPS) is 11.3. The Kier molecular flexibility index (Phi) is 4.31. The fraction of sp³-hybridized carbons (Fsp3) is 0.0909. The van der Waals surface area contributed by atoms with E-state index >= 15 is 0 Å². The third-order valence-corrected chi connectivity index (χ3v) is 4.99. The average molecular weight is 341 g/mol. The molecule has 3 N–H and O–H groups in total. The van der Waals surface area contributed by atoms with Crippen molar-refractivity contribution in [3.8, 4) is 0 Å². The van der Waals surface area contributed by atoms with Crippen LogP contribution in [0.5, 0.6) is 0 Å². The first-order valence-corrected chi connectivity index (χ1v) is 9.90. The number of thioether (sulfide) groups is 1. The van der Waals surface area contributed by atoms with E-state index in [1.807, 2.05) is 6.26 Å². The first-order chi connectivity index (χ1) is 9.00. The van der Waals surface area contributed by atoms with Crippen LogP contribution in [-0.2, 0) is 3.74 Å². The number of benzene rings is 1. The monoisotopic (exact) mass is 341 g/mol. The van der Waals surface area contributed by atoms with Crippen LogP contribution in [0.2, 0.25) is 0 Å². The van der Waals surface area contributed by atoms with Crippen molar-refractivity contribution in [1.29, 1.82) is 0 Å². The summed E-state index contributed by atoms with van der Waals surface area (Å²) in [6, 6.07) is 7.96. The molecule has 1 aromatic heterocycles. The van der Waals surface area contributed by atoms with Gasteiger partial charge in [0.25, 0.3) is 0 Å². The Morgan fingerprint density at radius 3 is 2.68 bits per heavy atom. The van der Waals surface area contributed by atoms with Crippen LogP contribution in [0.15, 0.2) is 41.7 Å². The third-order valence-electron chi connectivity index (χ3n) is 2.30. The Bertz CT molecular complexity index is 632. The molecule has 0 bridgehead atoms. The van der Waals surface area contributed by atoms with Crippen molar-refractivity contribution in [2.24, 2.45) is 0 Å². The van der Waals surface area contributed by atoms with Crippen LogP contribution in [-0.4, -0.2) is 38.6 Å². The number of para-hydroxylation sites is 1. The van der Waals surface area contributed by atoms with Crippen molar-refractivity contribution < 1.29 is 11.9 Å². The molecule has 0 amide bonds. The molecule has 0 saturated carbocycles. The van der Waals surface area contributed by atoms with Gasteiger partial charge in [0.15, 0.2) is 0 Å². The summed E-state index contributed by atoms with van der Waals surface area (Å²) in [6.45, 7) is 0. The van der Waals surface area contributed by atoms with Crippen LogP contribution in [0, 0.1) is 0 Å². The van der Waals surface area contributed by atoms with Gasteiger partial charge in [-0.2, -0.15) is 0 Å². The van der Waals surface area contributed by atoms with Crippen LogP contribution >= 0.6 is 11.8 Å². The van der Waals surface area contributed by atoms with Gasteiger partial charge in [0, 0.05) is 0 Å². The van der Waals surface area contributed by atoms with Crippen LogP contribution < -0.4 is 9.67 Å². The average Bonchev–Trinajstić information content (AvgIpc) is 2.38. The van der Waals surface area contributed by atoms with Gasteiger partial charge in [-0.3, -0.25) is 0 Å². The fourth-order valence-corrected chi connectivity index (χ4v) is 3.36. The quantitative estimate of drug-likeness (QED) is 0.423. The van der Waals surface area contributed by atoms with E-state index in [9.17, 15) is 11.9 Å². The van der Waals surface area contributed by atoms with Crippen LogP contribution in [0.4, 0.5) is 11.5 Å². The Morgan fingerprint density at radius 2 is 2.00 bits per heavy atom. The molecule has 1 heterocycles. The van der Waals surface area contributed by atoms with Crippen LogP contribution in [0.3, 0.4) is 0 Å². The van der Waals surface area contributed by atoms with Gasteiger partial charge in [-0.1, -0.05) is 0 Å². The fourth-order valence-electron chi connectivity index (χ4n) is 1.48. The SMILES string of the molecule is CSc1nccc(Nc2ccccc2[As](=O)(O)O)n1. The van der Waals surface area contributed by atoms with Crippen LogP contribution in [0.25, 0.3) is 0 Å². The standard InChI is InChI=1S/C11H12AsN3O3S/c1-19-11-13-7-6-10(15-11)14-9-5-3-2-4-8(9)12(16,17)18/h2-7H,1H3,(H,13,14,15)(H2,16,17,18). The maximum atomic E-state index is 11.4. The van der Waals surface area contributed by atoms with E-state index in [2.05, 4.69) is 15.3 Å². The summed E-state index contributed by atoms with van der Waals surface area (Å²) < 4.78 is 30.1. The molecular weight excluding hydrogens is 329 g/mol. The zero-order valence-electron chi connectivity index (χ0n) is 10.0. The maximum absolute atomic E-state index is 11.4. The van der Waals surface area contributed by atoms with Crippen molar-refractivity contribution in [3.05, 3.63) is 36.5 Å². The summed E-state index contributed by atoms with van der Waals surface area (Å²) in [5, 5.41) is 3.50. The summed E-state index contributed by atoms with van der Waals surface area (Å²) >= 11 is -3.57. The molecule has 0 atom stereocenters. The topological polar surface area (TPSA) is 95.3 Å². The molecule has 100 valence electrons. The van der Waals surface area contributed by atoms with Crippen LogP contribution in [0.1, 0.15) is 0 Å². The second-order valence-electron chi connectivity index (χ2n) is 3.61. The number of nitrogens with one attached hydrogen (secondary N) is 1. The Balaban J connectivity index is 2.36. The number of rotatable bonds is 4. The molecule has 0 aliphatic heterocycles. The van der Waals surface area contributed by atoms with E-state index in [0.717, 1.165) is 0 Å². The van der Waals surface area contributed by atoms with Gasteiger partial charge in [-0.25, -0.2) is 0 Å². The molecule has 2 rings (SSSR count). The Hall–Kier alpha value is -1.27. The molecule has 0 aliphatic carbocycles. The second kappa shape index (κ2) is 5.79. The zero-order chi connectivity index (χ0) is 13.9. The van der Waals surface area contributed by atoms with Gasteiger partial charge >= 0.3 is 117 Å². The van der Waals surface area contributed by atoms with Gasteiger partial charge in [0.2, 0.25) is 0 Å². The molecule has 0 fully saturated rings. The summed E-state index contributed by atoms with van der Waals surface area (Å²) in [7, 11) is 0. The van der Waals surface area contributed by atoms with E-state index in [4.69, 9.17) is 0 Å². The summed E-state index contributed by atoms with van der Waals surface area (Å²) in [5.74, 6) is 0.496. The number of hydrogen-bond donors (Lipinski definition) is 3. The van der Waals surface area contributed by atoms with Gasteiger partial charge in [-0.05, 0) is 0 Å². The molecule has 0 aliphatic rings. The van der Waals surface area contributed by atoms with E-state index < -0.39 is 14.2 Å². The predicted molar refractivity (Wildman–Crippen MR) is 74.0 cm³/mol. The molecule has 19 heavy (non-hydrogen) atoms. The summed E-state index contributed by atoms with van der Waals surface area (Å²) in [5.41, 5.74) is 0.362. The molecule has 1 aromatic carbocycles. The van der Waals surface area contributed by atoms with Gasteiger partial charge < -0.3 is 0 Å². The summed E-state index contributed by atoms with van der Waals surface area (Å²) in [6.07, 6.45) is 3.44. The van der Waals surface area contributed by atoms with E-state index in [-0.39, 0.29) is 4.35 Å². The summed E-state index contributed by atoms with van der Waals surface area (Å²) in [4.78, 5) is 8.24. The Labute approximate surface area is 117 Å². The predicted octanol–water partition coefficient (Wildman–Crippen LogP) is 0.503. The molecule has 6 nitrogen and oxygen atoms in total. The molecule has 2 aromatic rings. The minimum absolute atomic E-state index is 0.00457. The number of nitrogens with zero attached hydrogens (tertiary/aromatic N) is 2. The third kappa shape index (κ3) is 3.60. The van der Waals surface area contributed by atoms with Crippen molar-refractivity contribution in [2.45, 2.75) is 5.16 Å². The van der Waals surface area contributed by atoms with Crippen molar-refractivity contribution in [1.82, 2.24) is 9.97 Å². The molecule has 0 radical (unpaired) electrons. The molecule has 0 unspecified atom stereocenters. The van der Waals surface area contributed by atoms with Crippen molar-refractivity contribution in [3.63, 3.8) is 0 Å². The van der Waals surface area contributed by atoms with Gasteiger partial charge in [-0.15, -0.1) is 0 Å². The zero-order valence-corrected chi connectivity index (χ0v) is 12.7. The van der Waals surface area contributed by atoms with E-state index in [0.29, 0.717) is 16.7 Å². The number of aromatic nitrogens is 2. The first-order valence-electron chi connectivity index (χ1n) is 5.30.